The number of carbonyl (C=O) groups excluding carboxylic acids is 1. The quantitative estimate of drug-likeness (QED) is 0.719. The van der Waals surface area contributed by atoms with E-state index in [1.165, 1.54) is 6.33 Å². The number of benzene rings is 1. The Morgan fingerprint density at radius 1 is 1.33 bits per heavy atom. The zero-order chi connectivity index (χ0) is 17.3. The van der Waals surface area contributed by atoms with Crippen molar-refractivity contribution < 1.29 is 4.79 Å². The van der Waals surface area contributed by atoms with Crippen LogP contribution in [0.3, 0.4) is 0 Å². The van der Waals surface area contributed by atoms with Crippen molar-refractivity contribution >= 4 is 21.8 Å². The fourth-order valence-corrected chi connectivity index (χ4v) is 3.16. The van der Waals surface area contributed by atoms with Gasteiger partial charge in [-0.1, -0.05) is 22.0 Å². The number of amides is 1. The predicted molar refractivity (Wildman–Crippen MR) is 95.2 cm³/mol. The van der Waals surface area contributed by atoms with E-state index in [1.54, 1.807) is 0 Å². The molecule has 0 fully saturated rings. The van der Waals surface area contributed by atoms with Crippen LogP contribution in [0.5, 0.6) is 0 Å². The molecule has 0 aliphatic rings. The lowest BCUT2D eigenvalue weighted by atomic mass is 10.2. The fraction of sp³-hybridized carbons (Fsp3) is 0.235. The maximum atomic E-state index is 12.6. The first-order valence-corrected chi connectivity index (χ1v) is 8.37. The molecule has 0 bridgehead atoms. The van der Waals surface area contributed by atoms with E-state index < -0.39 is 0 Å². The van der Waals surface area contributed by atoms with E-state index in [2.05, 4.69) is 41.0 Å². The zero-order valence-electron chi connectivity index (χ0n) is 13.7. The van der Waals surface area contributed by atoms with Crippen LogP contribution in [0.2, 0.25) is 0 Å². The van der Waals surface area contributed by atoms with Crippen molar-refractivity contribution in [3.63, 3.8) is 0 Å². The lowest BCUT2D eigenvalue weighted by molar-refractivity contribution is 0.0937. The molecule has 0 aliphatic heterocycles. The maximum absolute atomic E-state index is 12.6. The molecule has 0 radical (unpaired) electrons. The summed E-state index contributed by atoms with van der Waals surface area (Å²) in [4.78, 5) is 16.7. The van der Waals surface area contributed by atoms with E-state index in [0.717, 1.165) is 21.5 Å². The number of aromatic nitrogens is 4. The molecule has 0 saturated heterocycles. The molecule has 7 heteroatoms. The number of nitrogens with zero attached hydrogens (tertiary/aromatic N) is 3. The van der Waals surface area contributed by atoms with E-state index >= 15 is 0 Å². The summed E-state index contributed by atoms with van der Waals surface area (Å²) in [5, 5.41) is 9.53. The molecular formula is C17H18BrN5O. The minimum absolute atomic E-state index is 0.131. The Kier molecular flexibility index (Phi) is 4.53. The minimum Gasteiger partial charge on any atom is -0.342 e. The van der Waals surface area contributed by atoms with E-state index in [4.69, 9.17) is 0 Å². The van der Waals surface area contributed by atoms with Crippen molar-refractivity contribution in [1.29, 1.82) is 0 Å². The minimum atomic E-state index is -0.242. The second-order valence-corrected chi connectivity index (χ2v) is 6.58. The van der Waals surface area contributed by atoms with E-state index in [9.17, 15) is 4.79 Å². The summed E-state index contributed by atoms with van der Waals surface area (Å²) in [5.74, 6) is 0.498. The number of aryl methyl sites for hydroxylation is 1. The summed E-state index contributed by atoms with van der Waals surface area (Å²) in [7, 11) is 0. The number of aromatic amines is 1. The van der Waals surface area contributed by atoms with Gasteiger partial charge in [-0.05, 0) is 45.0 Å². The lowest BCUT2D eigenvalue weighted by Crippen LogP contribution is -2.27. The van der Waals surface area contributed by atoms with Crippen molar-refractivity contribution in [2.24, 2.45) is 0 Å². The van der Waals surface area contributed by atoms with Crippen LogP contribution in [0.1, 0.15) is 40.5 Å². The van der Waals surface area contributed by atoms with Gasteiger partial charge in [0.25, 0.3) is 5.91 Å². The summed E-state index contributed by atoms with van der Waals surface area (Å²) < 4.78 is 3.07. The molecule has 0 spiro atoms. The second kappa shape index (κ2) is 6.60. The van der Waals surface area contributed by atoms with Crippen LogP contribution in [0.4, 0.5) is 0 Å². The summed E-state index contributed by atoms with van der Waals surface area (Å²) in [6.07, 6.45) is 1.43. The Labute approximate surface area is 148 Å². The topological polar surface area (TPSA) is 75.6 Å². The van der Waals surface area contributed by atoms with Crippen LogP contribution in [-0.2, 0) is 0 Å². The average Bonchev–Trinajstić information content (AvgIpc) is 3.15. The largest absolute Gasteiger partial charge is 0.342 e. The fourth-order valence-electron chi connectivity index (χ4n) is 2.77. The summed E-state index contributed by atoms with van der Waals surface area (Å²) in [6.45, 7) is 5.80. The number of H-pyrrole nitrogens is 1. The third kappa shape index (κ3) is 3.12. The second-order valence-electron chi connectivity index (χ2n) is 5.67. The molecule has 24 heavy (non-hydrogen) atoms. The molecule has 1 amide bonds. The van der Waals surface area contributed by atoms with Crippen LogP contribution in [-0.4, -0.2) is 25.7 Å². The highest BCUT2D eigenvalue weighted by molar-refractivity contribution is 9.10. The Balaban J connectivity index is 1.90. The van der Waals surface area contributed by atoms with Gasteiger partial charge in [-0.15, -0.1) is 0 Å². The Morgan fingerprint density at radius 3 is 2.79 bits per heavy atom. The predicted octanol–water partition coefficient (Wildman–Crippen LogP) is 3.47. The molecule has 2 N–H and O–H groups in total. The number of halogens is 1. The highest BCUT2D eigenvalue weighted by atomic mass is 79.9. The van der Waals surface area contributed by atoms with Crippen molar-refractivity contribution in [3.05, 3.63) is 63.9 Å². The first kappa shape index (κ1) is 16.4. The number of rotatable bonds is 4. The molecule has 1 aromatic carbocycles. The molecular weight excluding hydrogens is 370 g/mol. The molecule has 3 aromatic rings. The molecule has 0 aliphatic carbocycles. The van der Waals surface area contributed by atoms with Crippen LogP contribution >= 0.6 is 15.9 Å². The molecule has 2 heterocycles. The molecule has 0 unspecified atom stereocenters. The Morgan fingerprint density at radius 2 is 2.12 bits per heavy atom. The number of hydrogen-bond acceptors (Lipinski definition) is 3. The van der Waals surface area contributed by atoms with Crippen molar-refractivity contribution in [2.45, 2.75) is 26.8 Å². The first-order chi connectivity index (χ1) is 11.5. The average molecular weight is 388 g/mol. The molecule has 1 atom stereocenters. The van der Waals surface area contributed by atoms with Gasteiger partial charge in [0.2, 0.25) is 0 Å². The zero-order valence-corrected chi connectivity index (χ0v) is 15.3. The van der Waals surface area contributed by atoms with E-state index in [1.807, 2.05) is 51.1 Å². The Bertz CT molecular complexity index is 869. The van der Waals surface area contributed by atoms with Crippen LogP contribution in [0.15, 0.2) is 41.1 Å². The molecule has 124 valence electrons. The monoisotopic (exact) mass is 387 g/mol. The van der Waals surface area contributed by atoms with E-state index in [0.29, 0.717) is 11.4 Å². The smallest absolute Gasteiger partial charge is 0.253 e. The van der Waals surface area contributed by atoms with Crippen LogP contribution < -0.4 is 5.32 Å². The van der Waals surface area contributed by atoms with Gasteiger partial charge in [0.1, 0.15) is 12.2 Å². The highest BCUT2D eigenvalue weighted by Crippen LogP contribution is 2.23. The van der Waals surface area contributed by atoms with Gasteiger partial charge in [-0.2, -0.15) is 5.10 Å². The highest BCUT2D eigenvalue weighted by Gasteiger charge is 2.19. The van der Waals surface area contributed by atoms with Crippen molar-refractivity contribution in [2.75, 3.05) is 0 Å². The molecule has 2 aromatic heterocycles. The van der Waals surface area contributed by atoms with E-state index in [-0.39, 0.29) is 11.9 Å². The van der Waals surface area contributed by atoms with Gasteiger partial charge in [0, 0.05) is 21.5 Å². The van der Waals surface area contributed by atoms with Gasteiger partial charge in [0.05, 0.1) is 11.6 Å². The molecule has 6 nitrogen and oxygen atoms in total. The third-order valence-electron chi connectivity index (χ3n) is 3.93. The number of carbonyl (C=O) groups is 1. The van der Waals surface area contributed by atoms with Crippen LogP contribution in [0.25, 0.3) is 5.69 Å². The summed E-state index contributed by atoms with van der Waals surface area (Å²) in [6, 6.07) is 9.66. The maximum Gasteiger partial charge on any atom is 0.253 e. The van der Waals surface area contributed by atoms with Gasteiger partial charge >= 0.3 is 0 Å². The van der Waals surface area contributed by atoms with Gasteiger partial charge in [-0.3, -0.25) is 9.89 Å². The van der Waals surface area contributed by atoms with Crippen molar-refractivity contribution in [1.82, 2.24) is 25.1 Å². The van der Waals surface area contributed by atoms with Gasteiger partial charge < -0.3 is 9.88 Å². The van der Waals surface area contributed by atoms with Gasteiger partial charge in [-0.25, -0.2) is 4.98 Å². The molecule has 3 rings (SSSR count). The summed E-state index contributed by atoms with van der Waals surface area (Å²) in [5.41, 5.74) is 3.57. The normalized spacial score (nSPS) is 12.2. The third-order valence-corrected chi connectivity index (χ3v) is 4.43. The number of nitrogens with one attached hydrogen (secondary N) is 2. The van der Waals surface area contributed by atoms with Gasteiger partial charge in [0.15, 0.2) is 0 Å². The SMILES string of the molecule is Cc1cc(C(=O)N[C@@H](C)c2ncn[nH]2)c(C)n1-c1cccc(Br)c1. The summed E-state index contributed by atoms with van der Waals surface area (Å²) >= 11 is 3.49. The van der Waals surface area contributed by atoms with Crippen molar-refractivity contribution in [3.8, 4) is 5.69 Å². The van der Waals surface area contributed by atoms with Crippen LogP contribution in [0, 0.1) is 13.8 Å². The Hall–Kier alpha value is -2.41. The standard InChI is InChI=1S/C17H18BrN5O/c1-10-7-15(17(24)21-11(2)16-19-9-20-22-16)12(3)23(10)14-6-4-5-13(18)8-14/h4-9,11H,1-3H3,(H,21,24)(H,19,20,22)/t11-/m0/s1. The first-order valence-electron chi connectivity index (χ1n) is 7.58. The lowest BCUT2D eigenvalue weighted by Gasteiger charge is -2.12. The molecule has 0 saturated carbocycles. The number of hydrogen-bond donors (Lipinski definition) is 2.